The summed E-state index contributed by atoms with van der Waals surface area (Å²) in [4.78, 5) is 25.2. The standard InChI is InChI=1S/C49H88O5/c1-4-7-10-13-16-19-21-23-24-25-27-29-32-35-38-41-44-52-45-47(54-49(51)43-40-37-34-30-18-15-12-9-6-3)46-53-48(50)42-39-36-33-31-28-26-22-20-17-14-11-8-5-2/h8,11,17,20,23-24,26,28,47H,4-7,9-10,12-16,18-19,21-22,25,27,29-46H2,1-3H3/b11-8-,20-17-,24-23-,28-26-. The van der Waals surface area contributed by atoms with Gasteiger partial charge in [0.15, 0.2) is 6.10 Å². The van der Waals surface area contributed by atoms with Crippen molar-refractivity contribution < 1.29 is 23.8 Å². The summed E-state index contributed by atoms with van der Waals surface area (Å²) in [6.45, 7) is 7.66. The lowest BCUT2D eigenvalue weighted by Crippen LogP contribution is -2.30. The minimum absolute atomic E-state index is 0.0697. The van der Waals surface area contributed by atoms with E-state index in [-0.39, 0.29) is 25.2 Å². The number of ether oxygens (including phenoxy) is 3. The number of carbonyl (C=O) groups excluding carboxylic acids is 2. The average molecular weight is 757 g/mol. The molecule has 0 radical (unpaired) electrons. The molecular formula is C49H88O5. The molecule has 1 unspecified atom stereocenters. The Hall–Kier alpha value is -2.14. The summed E-state index contributed by atoms with van der Waals surface area (Å²) < 4.78 is 17.3. The van der Waals surface area contributed by atoms with Crippen LogP contribution in [-0.2, 0) is 23.8 Å². The first kappa shape index (κ1) is 51.9. The summed E-state index contributed by atoms with van der Waals surface area (Å²) in [7, 11) is 0. The van der Waals surface area contributed by atoms with Gasteiger partial charge in [-0.05, 0) is 77.0 Å². The zero-order valence-corrected chi connectivity index (χ0v) is 36.0. The highest BCUT2D eigenvalue weighted by molar-refractivity contribution is 5.70. The molecule has 0 aliphatic carbocycles. The van der Waals surface area contributed by atoms with E-state index in [4.69, 9.17) is 14.2 Å². The van der Waals surface area contributed by atoms with Crippen LogP contribution in [0.2, 0.25) is 0 Å². The maximum Gasteiger partial charge on any atom is 0.306 e. The van der Waals surface area contributed by atoms with Crippen molar-refractivity contribution >= 4 is 11.9 Å². The average Bonchev–Trinajstić information content (AvgIpc) is 3.17. The summed E-state index contributed by atoms with van der Waals surface area (Å²) in [6, 6.07) is 0. The second-order valence-corrected chi connectivity index (χ2v) is 15.3. The first-order valence-electron chi connectivity index (χ1n) is 23.2. The van der Waals surface area contributed by atoms with Crippen molar-refractivity contribution in [2.24, 2.45) is 0 Å². The molecule has 0 amide bonds. The molecule has 0 spiro atoms. The maximum absolute atomic E-state index is 12.7. The van der Waals surface area contributed by atoms with Gasteiger partial charge in [-0.15, -0.1) is 0 Å². The zero-order valence-electron chi connectivity index (χ0n) is 36.0. The zero-order chi connectivity index (χ0) is 39.3. The van der Waals surface area contributed by atoms with Crippen molar-refractivity contribution in [1.82, 2.24) is 0 Å². The first-order chi connectivity index (χ1) is 26.6. The molecule has 0 rings (SSSR count). The number of unbranched alkanes of at least 4 members (excludes halogenated alkanes) is 23. The molecule has 0 N–H and O–H groups in total. The van der Waals surface area contributed by atoms with Crippen LogP contribution in [-0.4, -0.2) is 37.9 Å². The van der Waals surface area contributed by atoms with E-state index in [0.717, 1.165) is 70.6 Å². The predicted octanol–water partition coefficient (Wildman–Crippen LogP) is 15.2. The second-order valence-electron chi connectivity index (χ2n) is 15.3. The Morgan fingerprint density at radius 1 is 0.426 bits per heavy atom. The Morgan fingerprint density at radius 3 is 1.37 bits per heavy atom. The summed E-state index contributed by atoms with van der Waals surface area (Å²) >= 11 is 0. The second kappa shape index (κ2) is 45.3. The van der Waals surface area contributed by atoms with Crippen molar-refractivity contribution in [3.05, 3.63) is 48.6 Å². The Bertz CT molecular complexity index is 904. The van der Waals surface area contributed by atoms with Crippen LogP contribution in [0.15, 0.2) is 48.6 Å². The van der Waals surface area contributed by atoms with Crippen LogP contribution in [0.3, 0.4) is 0 Å². The van der Waals surface area contributed by atoms with Gasteiger partial charge in [0.1, 0.15) is 6.61 Å². The van der Waals surface area contributed by atoms with Crippen LogP contribution < -0.4 is 0 Å². The monoisotopic (exact) mass is 757 g/mol. The maximum atomic E-state index is 12.7. The molecule has 0 saturated heterocycles. The van der Waals surface area contributed by atoms with Gasteiger partial charge in [0, 0.05) is 19.4 Å². The van der Waals surface area contributed by atoms with E-state index < -0.39 is 6.10 Å². The van der Waals surface area contributed by atoms with E-state index in [1.54, 1.807) is 0 Å². The lowest BCUT2D eigenvalue weighted by atomic mass is 10.1. The molecule has 0 saturated carbocycles. The third-order valence-electron chi connectivity index (χ3n) is 9.85. The fourth-order valence-corrected chi connectivity index (χ4v) is 6.40. The highest BCUT2D eigenvalue weighted by Crippen LogP contribution is 2.13. The Labute approximate surface area is 335 Å². The van der Waals surface area contributed by atoms with Gasteiger partial charge in [-0.1, -0.05) is 185 Å². The van der Waals surface area contributed by atoms with Crippen LogP contribution in [0.4, 0.5) is 0 Å². The molecule has 5 heteroatoms. The highest BCUT2D eigenvalue weighted by Gasteiger charge is 2.17. The van der Waals surface area contributed by atoms with Crippen LogP contribution >= 0.6 is 0 Å². The van der Waals surface area contributed by atoms with E-state index in [0.29, 0.717) is 19.4 Å². The topological polar surface area (TPSA) is 61.8 Å². The molecule has 314 valence electrons. The predicted molar refractivity (Wildman–Crippen MR) is 233 cm³/mol. The molecule has 0 aromatic carbocycles. The molecule has 5 nitrogen and oxygen atoms in total. The van der Waals surface area contributed by atoms with Crippen LogP contribution in [0.1, 0.15) is 226 Å². The third kappa shape index (κ3) is 42.6. The van der Waals surface area contributed by atoms with Gasteiger partial charge < -0.3 is 14.2 Å². The lowest BCUT2D eigenvalue weighted by molar-refractivity contribution is -0.163. The quantitative estimate of drug-likeness (QED) is 0.0353. The molecule has 54 heavy (non-hydrogen) atoms. The van der Waals surface area contributed by atoms with Gasteiger partial charge in [-0.2, -0.15) is 0 Å². The molecule has 0 aromatic rings. The summed E-state index contributed by atoms with van der Waals surface area (Å²) in [5.41, 5.74) is 0. The third-order valence-corrected chi connectivity index (χ3v) is 9.85. The highest BCUT2D eigenvalue weighted by atomic mass is 16.6. The van der Waals surface area contributed by atoms with Gasteiger partial charge in [0.2, 0.25) is 0 Å². The van der Waals surface area contributed by atoms with Gasteiger partial charge in [0.25, 0.3) is 0 Å². The summed E-state index contributed by atoms with van der Waals surface area (Å²) in [5.74, 6) is -0.433. The van der Waals surface area contributed by atoms with E-state index in [1.165, 1.54) is 122 Å². The summed E-state index contributed by atoms with van der Waals surface area (Å²) in [5, 5.41) is 0. The Kier molecular flexibility index (Phi) is 43.5. The Balaban J connectivity index is 4.25. The number of carbonyl (C=O) groups is 2. The van der Waals surface area contributed by atoms with Crippen LogP contribution in [0.5, 0.6) is 0 Å². The molecule has 0 bridgehead atoms. The smallest absolute Gasteiger partial charge is 0.306 e. The van der Waals surface area contributed by atoms with Crippen molar-refractivity contribution in [2.45, 2.75) is 232 Å². The SMILES string of the molecule is CC/C=C\C/C=C\C/C=C\CCCCCC(=O)OCC(COCCCCCCCC/C=C\CCCCCCCC)OC(=O)CCCCCCCCCCC. The van der Waals surface area contributed by atoms with Gasteiger partial charge in [-0.25, -0.2) is 0 Å². The van der Waals surface area contributed by atoms with Crippen molar-refractivity contribution in [2.75, 3.05) is 19.8 Å². The van der Waals surface area contributed by atoms with Gasteiger partial charge >= 0.3 is 11.9 Å². The van der Waals surface area contributed by atoms with Crippen molar-refractivity contribution in [3.8, 4) is 0 Å². The van der Waals surface area contributed by atoms with Crippen molar-refractivity contribution in [1.29, 1.82) is 0 Å². The number of hydrogen-bond donors (Lipinski definition) is 0. The van der Waals surface area contributed by atoms with E-state index in [9.17, 15) is 9.59 Å². The molecule has 0 aliphatic rings. The van der Waals surface area contributed by atoms with E-state index in [1.807, 2.05) is 0 Å². The van der Waals surface area contributed by atoms with Gasteiger partial charge in [0.05, 0.1) is 6.61 Å². The molecule has 0 heterocycles. The molecule has 0 aliphatic heterocycles. The number of hydrogen-bond acceptors (Lipinski definition) is 5. The van der Waals surface area contributed by atoms with E-state index in [2.05, 4.69) is 69.4 Å². The minimum atomic E-state index is -0.545. The lowest BCUT2D eigenvalue weighted by Gasteiger charge is -2.18. The molecule has 0 aromatic heterocycles. The largest absolute Gasteiger partial charge is 0.462 e. The molecule has 1 atom stereocenters. The summed E-state index contributed by atoms with van der Waals surface area (Å²) in [6.07, 6.45) is 54.0. The first-order valence-corrected chi connectivity index (χ1v) is 23.2. The molecule has 0 fully saturated rings. The fraction of sp³-hybridized carbons (Fsp3) is 0.796. The number of allylic oxidation sites excluding steroid dienone is 8. The van der Waals surface area contributed by atoms with E-state index >= 15 is 0 Å². The van der Waals surface area contributed by atoms with Crippen molar-refractivity contribution in [3.63, 3.8) is 0 Å². The number of esters is 2. The van der Waals surface area contributed by atoms with Crippen LogP contribution in [0, 0.1) is 0 Å². The normalized spacial score (nSPS) is 12.6. The minimum Gasteiger partial charge on any atom is -0.462 e. The number of rotatable bonds is 42. The van der Waals surface area contributed by atoms with Crippen LogP contribution in [0.25, 0.3) is 0 Å². The van der Waals surface area contributed by atoms with Gasteiger partial charge in [-0.3, -0.25) is 9.59 Å². The Morgan fingerprint density at radius 2 is 0.833 bits per heavy atom. The fourth-order valence-electron chi connectivity index (χ4n) is 6.40. The molecular weight excluding hydrogens is 669 g/mol.